The monoisotopic (exact) mass is 459 g/mol. The summed E-state index contributed by atoms with van der Waals surface area (Å²) in [6, 6.07) is 15.6. The number of aryl methyl sites for hydroxylation is 2. The number of nitrogens with zero attached hydrogens (tertiary/aromatic N) is 1. The van der Waals surface area contributed by atoms with Gasteiger partial charge in [0, 0.05) is 34.8 Å². The van der Waals surface area contributed by atoms with Crippen molar-refractivity contribution >= 4 is 27.7 Å². The maximum absolute atomic E-state index is 13.1. The van der Waals surface area contributed by atoms with Crippen LogP contribution in [-0.2, 0) is 9.47 Å². The highest BCUT2D eigenvalue weighted by Gasteiger charge is 2.34. The molecule has 1 atom stereocenters. The minimum absolute atomic E-state index is 0.159. The Morgan fingerprint density at radius 1 is 1.06 bits per heavy atom. The first-order valence-electron chi connectivity index (χ1n) is 11.7. The number of hydrogen-bond donors (Lipinski definition) is 1. The van der Waals surface area contributed by atoms with Gasteiger partial charge in [-0.15, -0.1) is 0 Å². The highest BCUT2D eigenvalue weighted by Crippen LogP contribution is 2.47. The van der Waals surface area contributed by atoms with Crippen molar-refractivity contribution in [2.75, 3.05) is 32.9 Å². The Balaban J connectivity index is 1.89. The van der Waals surface area contributed by atoms with Crippen LogP contribution >= 0.6 is 0 Å². The zero-order valence-corrected chi connectivity index (χ0v) is 19.8. The minimum Gasteiger partial charge on any atom is -0.507 e. The predicted octanol–water partition coefficient (Wildman–Crippen LogP) is 5.51. The SMILES string of the molecule is CCOC(=O)c1c(C)oc2c1c(C(c1ccc(C)cc1)N1CCOCC1)c(O)c1ccccc12. The van der Waals surface area contributed by atoms with Crippen LogP contribution in [0.1, 0.15) is 45.8 Å². The second-order valence-corrected chi connectivity index (χ2v) is 8.73. The fourth-order valence-electron chi connectivity index (χ4n) is 5.00. The van der Waals surface area contributed by atoms with E-state index in [0.717, 1.165) is 16.5 Å². The highest BCUT2D eigenvalue weighted by atomic mass is 16.5. The Labute approximate surface area is 198 Å². The Kier molecular flexibility index (Phi) is 6.02. The molecular formula is C28H29NO5. The molecule has 5 rings (SSSR count). The molecule has 0 aliphatic carbocycles. The molecule has 1 N–H and O–H groups in total. The number of morpholine rings is 1. The summed E-state index contributed by atoms with van der Waals surface area (Å²) in [7, 11) is 0. The van der Waals surface area contributed by atoms with Crippen LogP contribution in [-0.4, -0.2) is 48.9 Å². The average Bonchev–Trinajstić information content (AvgIpc) is 3.20. The summed E-state index contributed by atoms with van der Waals surface area (Å²) < 4.78 is 17.3. The molecule has 1 aromatic heterocycles. The molecule has 0 bridgehead atoms. The molecule has 2 heterocycles. The van der Waals surface area contributed by atoms with Crippen LogP contribution in [0.15, 0.2) is 52.9 Å². The van der Waals surface area contributed by atoms with Crippen molar-refractivity contribution in [3.05, 3.63) is 76.5 Å². The first-order valence-corrected chi connectivity index (χ1v) is 11.7. The molecule has 0 saturated carbocycles. The topological polar surface area (TPSA) is 72.1 Å². The molecule has 1 saturated heterocycles. The van der Waals surface area contributed by atoms with Gasteiger partial charge in [0.05, 0.1) is 25.9 Å². The molecule has 6 nitrogen and oxygen atoms in total. The molecule has 1 aliphatic heterocycles. The van der Waals surface area contributed by atoms with Crippen LogP contribution in [0, 0.1) is 13.8 Å². The number of ether oxygens (including phenoxy) is 2. The molecule has 1 fully saturated rings. The number of furan rings is 1. The van der Waals surface area contributed by atoms with E-state index in [4.69, 9.17) is 13.9 Å². The van der Waals surface area contributed by atoms with Gasteiger partial charge in [-0.3, -0.25) is 4.90 Å². The molecule has 1 aliphatic rings. The van der Waals surface area contributed by atoms with Crippen LogP contribution in [0.2, 0.25) is 0 Å². The predicted molar refractivity (Wildman–Crippen MR) is 131 cm³/mol. The lowest BCUT2D eigenvalue weighted by atomic mass is 9.88. The summed E-state index contributed by atoms with van der Waals surface area (Å²) in [6.07, 6.45) is 0. The molecule has 0 amide bonds. The molecule has 1 unspecified atom stereocenters. The number of carbonyl (C=O) groups excluding carboxylic acids is 1. The maximum Gasteiger partial charge on any atom is 0.342 e. The van der Waals surface area contributed by atoms with E-state index in [-0.39, 0.29) is 18.4 Å². The molecule has 34 heavy (non-hydrogen) atoms. The fourth-order valence-corrected chi connectivity index (χ4v) is 5.00. The normalized spacial score (nSPS) is 15.6. The van der Waals surface area contributed by atoms with Crippen molar-refractivity contribution in [2.45, 2.75) is 26.8 Å². The number of carbonyl (C=O) groups is 1. The zero-order chi connectivity index (χ0) is 23.8. The number of esters is 1. The summed E-state index contributed by atoms with van der Waals surface area (Å²) in [6.45, 7) is 8.49. The summed E-state index contributed by atoms with van der Waals surface area (Å²) in [5, 5.41) is 13.8. The van der Waals surface area contributed by atoms with E-state index in [2.05, 4.69) is 36.1 Å². The molecule has 0 radical (unpaired) electrons. The summed E-state index contributed by atoms with van der Waals surface area (Å²) in [4.78, 5) is 15.4. The van der Waals surface area contributed by atoms with Gasteiger partial charge in [-0.05, 0) is 26.3 Å². The number of fused-ring (bicyclic) bond motifs is 3. The lowest BCUT2D eigenvalue weighted by Gasteiger charge is -2.36. The van der Waals surface area contributed by atoms with Crippen molar-refractivity contribution in [1.29, 1.82) is 0 Å². The van der Waals surface area contributed by atoms with E-state index in [1.165, 1.54) is 0 Å². The molecule has 0 spiro atoms. The van der Waals surface area contributed by atoms with Crippen LogP contribution in [0.4, 0.5) is 0 Å². The Morgan fingerprint density at radius 2 is 1.74 bits per heavy atom. The molecule has 176 valence electrons. The smallest absolute Gasteiger partial charge is 0.342 e. The Hall–Kier alpha value is -3.35. The molecule has 4 aromatic rings. The molecule has 3 aromatic carbocycles. The third-order valence-corrected chi connectivity index (χ3v) is 6.59. The van der Waals surface area contributed by atoms with Crippen LogP contribution in [0.5, 0.6) is 5.75 Å². The van der Waals surface area contributed by atoms with Gasteiger partial charge in [0.25, 0.3) is 0 Å². The van der Waals surface area contributed by atoms with Crippen molar-refractivity contribution in [1.82, 2.24) is 4.90 Å². The van der Waals surface area contributed by atoms with Crippen molar-refractivity contribution in [2.24, 2.45) is 0 Å². The van der Waals surface area contributed by atoms with Crippen molar-refractivity contribution in [3.63, 3.8) is 0 Å². The van der Waals surface area contributed by atoms with E-state index in [9.17, 15) is 9.90 Å². The average molecular weight is 460 g/mol. The van der Waals surface area contributed by atoms with Gasteiger partial charge in [0.15, 0.2) is 0 Å². The van der Waals surface area contributed by atoms with Gasteiger partial charge in [0.1, 0.15) is 22.7 Å². The fraction of sp³-hybridized carbons (Fsp3) is 0.321. The summed E-state index contributed by atoms with van der Waals surface area (Å²) in [5.41, 5.74) is 3.82. The molecule has 6 heteroatoms. The van der Waals surface area contributed by atoms with Gasteiger partial charge in [0.2, 0.25) is 0 Å². The van der Waals surface area contributed by atoms with E-state index in [0.29, 0.717) is 59.5 Å². The van der Waals surface area contributed by atoms with Crippen molar-refractivity contribution < 1.29 is 23.8 Å². The zero-order valence-electron chi connectivity index (χ0n) is 19.8. The number of rotatable bonds is 5. The summed E-state index contributed by atoms with van der Waals surface area (Å²) in [5.74, 6) is 0.195. The first kappa shape index (κ1) is 22.4. The number of hydrogen-bond acceptors (Lipinski definition) is 6. The maximum atomic E-state index is 13.1. The van der Waals surface area contributed by atoms with Gasteiger partial charge < -0.3 is 19.0 Å². The second kappa shape index (κ2) is 9.12. The van der Waals surface area contributed by atoms with Crippen LogP contribution in [0.25, 0.3) is 21.7 Å². The van der Waals surface area contributed by atoms with Crippen LogP contribution < -0.4 is 0 Å². The van der Waals surface area contributed by atoms with Crippen LogP contribution in [0.3, 0.4) is 0 Å². The van der Waals surface area contributed by atoms with Gasteiger partial charge in [-0.2, -0.15) is 0 Å². The Morgan fingerprint density at radius 3 is 2.41 bits per heavy atom. The van der Waals surface area contributed by atoms with E-state index in [1.807, 2.05) is 24.3 Å². The number of benzene rings is 3. The van der Waals surface area contributed by atoms with Gasteiger partial charge in [-0.25, -0.2) is 4.79 Å². The van der Waals surface area contributed by atoms with E-state index < -0.39 is 5.97 Å². The highest BCUT2D eigenvalue weighted by molar-refractivity contribution is 6.16. The largest absolute Gasteiger partial charge is 0.507 e. The van der Waals surface area contributed by atoms with E-state index in [1.54, 1.807) is 13.8 Å². The lowest BCUT2D eigenvalue weighted by molar-refractivity contribution is 0.0238. The van der Waals surface area contributed by atoms with E-state index >= 15 is 0 Å². The second-order valence-electron chi connectivity index (χ2n) is 8.73. The van der Waals surface area contributed by atoms with Gasteiger partial charge in [-0.1, -0.05) is 54.1 Å². The first-order chi connectivity index (χ1) is 16.5. The standard InChI is InChI=1S/C28H29NO5/c1-4-33-28(31)22-18(3)34-27-21-8-6-5-7-20(21)26(30)24(23(22)27)25(29-13-15-32-16-14-29)19-11-9-17(2)10-12-19/h5-12,25,30H,4,13-16H2,1-3H3. The number of phenols is 1. The third-order valence-electron chi connectivity index (χ3n) is 6.59. The number of aromatic hydroxyl groups is 1. The van der Waals surface area contributed by atoms with Crippen molar-refractivity contribution in [3.8, 4) is 5.75 Å². The summed E-state index contributed by atoms with van der Waals surface area (Å²) >= 11 is 0. The quantitative estimate of drug-likeness (QED) is 0.397. The molecular weight excluding hydrogens is 430 g/mol. The Bertz CT molecular complexity index is 1350. The third kappa shape index (κ3) is 3.73. The minimum atomic E-state index is -0.445. The van der Waals surface area contributed by atoms with Gasteiger partial charge >= 0.3 is 5.97 Å². The lowest BCUT2D eigenvalue weighted by Crippen LogP contribution is -2.39. The number of phenolic OH excluding ortho intramolecular Hbond substituents is 1.